The molecule has 12 heavy (non-hydrogen) atoms. The molecule has 0 saturated carbocycles. The Kier molecular flexibility index (Phi) is 7.08. The SMILES string of the molecule is CC(C)=CC(C)(C)N.N#CC#N. The second kappa shape index (κ2) is 6.39. The van der Waals surface area contributed by atoms with E-state index in [1.807, 2.05) is 19.9 Å². The molecule has 2 N–H and O–H groups in total. The molecule has 0 spiro atoms. The van der Waals surface area contributed by atoms with Crippen molar-refractivity contribution in [3.63, 3.8) is 0 Å². The van der Waals surface area contributed by atoms with E-state index in [0.717, 1.165) is 0 Å². The van der Waals surface area contributed by atoms with E-state index in [4.69, 9.17) is 16.3 Å². The summed E-state index contributed by atoms with van der Waals surface area (Å²) in [5, 5.41) is 14.5. The summed E-state index contributed by atoms with van der Waals surface area (Å²) in [5.41, 5.74) is 6.80. The lowest BCUT2D eigenvalue weighted by atomic mass is 10.0. The molecule has 0 aromatic rings. The van der Waals surface area contributed by atoms with Gasteiger partial charge in [-0.05, 0) is 27.7 Å². The fourth-order valence-electron chi connectivity index (χ4n) is 0.744. The fourth-order valence-corrected chi connectivity index (χ4v) is 0.744. The summed E-state index contributed by atoms with van der Waals surface area (Å²) in [5.74, 6) is 0. The van der Waals surface area contributed by atoms with Crippen molar-refractivity contribution in [2.45, 2.75) is 33.2 Å². The summed E-state index contributed by atoms with van der Waals surface area (Å²) < 4.78 is 0. The summed E-state index contributed by atoms with van der Waals surface area (Å²) in [6, 6.07) is 2.47. The molecule has 0 saturated heterocycles. The van der Waals surface area contributed by atoms with Crippen LogP contribution in [0.3, 0.4) is 0 Å². The maximum atomic E-state index is 7.26. The van der Waals surface area contributed by atoms with Crippen LogP contribution < -0.4 is 5.73 Å². The minimum Gasteiger partial charge on any atom is -0.322 e. The van der Waals surface area contributed by atoms with Gasteiger partial charge in [-0.2, -0.15) is 10.5 Å². The molecule has 0 aliphatic rings. The molecular weight excluding hydrogens is 150 g/mol. The fraction of sp³-hybridized carbons (Fsp3) is 0.556. The Balaban J connectivity index is 0. The van der Waals surface area contributed by atoms with Crippen molar-refractivity contribution in [3.05, 3.63) is 11.6 Å². The zero-order chi connectivity index (χ0) is 10.2. The summed E-state index contributed by atoms with van der Waals surface area (Å²) in [7, 11) is 0. The molecule has 0 unspecified atom stereocenters. The van der Waals surface area contributed by atoms with Gasteiger partial charge in [-0.25, -0.2) is 0 Å². The van der Waals surface area contributed by atoms with Crippen molar-refractivity contribution in [3.8, 4) is 12.1 Å². The van der Waals surface area contributed by atoms with Gasteiger partial charge in [0.05, 0.1) is 0 Å². The van der Waals surface area contributed by atoms with Crippen LogP contribution in [-0.2, 0) is 0 Å². The Labute approximate surface area is 74.1 Å². The predicted octanol–water partition coefficient (Wildman–Crippen LogP) is 1.72. The van der Waals surface area contributed by atoms with Gasteiger partial charge in [-0.15, -0.1) is 0 Å². The van der Waals surface area contributed by atoms with Gasteiger partial charge in [0.15, 0.2) is 12.1 Å². The number of nitrogens with zero attached hydrogens (tertiary/aromatic N) is 2. The van der Waals surface area contributed by atoms with E-state index in [2.05, 4.69) is 13.8 Å². The topological polar surface area (TPSA) is 73.6 Å². The molecule has 0 heterocycles. The smallest absolute Gasteiger partial charge is 0.181 e. The number of rotatable bonds is 1. The maximum absolute atomic E-state index is 7.26. The minimum absolute atomic E-state index is 0.140. The number of allylic oxidation sites excluding steroid dienone is 1. The van der Waals surface area contributed by atoms with Crippen LogP contribution in [0.15, 0.2) is 11.6 Å². The van der Waals surface area contributed by atoms with Crippen LogP contribution >= 0.6 is 0 Å². The standard InChI is InChI=1S/C7H15N.C2N2/c1-6(2)5-7(3,4)8;3-1-2-4/h5H,8H2,1-4H3;. The highest BCUT2D eigenvalue weighted by atomic mass is 14.7. The van der Waals surface area contributed by atoms with Gasteiger partial charge in [0.1, 0.15) is 0 Å². The molecule has 66 valence electrons. The molecule has 0 atom stereocenters. The third-order valence-corrected chi connectivity index (χ3v) is 0.711. The van der Waals surface area contributed by atoms with Crippen LogP contribution in [0.2, 0.25) is 0 Å². The van der Waals surface area contributed by atoms with Gasteiger partial charge < -0.3 is 5.73 Å². The number of nitrogens with two attached hydrogens (primary N) is 1. The Morgan fingerprint density at radius 3 is 1.58 bits per heavy atom. The van der Waals surface area contributed by atoms with Crippen LogP contribution in [-0.4, -0.2) is 5.54 Å². The van der Waals surface area contributed by atoms with E-state index in [0.29, 0.717) is 0 Å². The van der Waals surface area contributed by atoms with Crippen LogP contribution in [0.4, 0.5) is 0 Å². The summed E-state index contributed by atoms with van der Waals surface area (Å²) in [6.07, 6.45) is 2.05. The zero-order valence-electron chi connectivity index (χ0n) is 8.05. The normalized spacial score (nSPS) is 8.25. The highest BCUT2D eigenvalue weighted by molar-refractivity contribution is 5.05. The second-order valence-corrected chi connectivity index (χ2v) is 3.27. The Hall–Kier alpha value is -1.32. The molecule has 0 bridgehead atoms. The Morgan fingerprint density at radius 1 is 1.25 bits per heavy atom. The zero-order valence-corrected chi connectivity index (χ0v) is 8.05. The lowest BCUT2D eigenvalue weighted by molar-refractivity contribution is 0.649. The molecule has 3 nitrogen and oxygen atoms in total. The van der Waals surface area contributed by atoms with Crippen molar-refractivity contribution in [1.29, 1.82) is 10.5 Å². The van der Waals surface area contributed by atoms with Gasteiger partial charge >= 0.3 is 0 Å². The second-order valence-electron chi connectivity index (χ2n) is 3.27. The average molecular weight is 165 g/mol. The van der Waals surface area contributed by atoms with E-state index >= 15 is 0 Å². The third kappa shape index (κ3) is 23.4. The molecule has 0 amide bonds. The van der Waals surface area contributed by atoms with Crippen molar-refractivity contribution in [2.75, 3.05) is 0 Å². The molecule has 0 aromatic carbocycles. The van der Waals surface area contributed by atoms with E-state index in [9.17, 15) is 0 Å². The molecular formula is C9H15N3. The highest BCUT2D eigenvalue weighted by Gasteiger charge is 2.03. The van der Waals surface area contributed by atoms with Crippen molar-refractivity contribution in [1.82, 2.24) is 0 Å². The van der Waals surface area contributed by atoms with E-state index in [1.54, 1.807) is 0 Å². The summed E-state index contributed by atoms with van der Waals surface area (Å²) in [6.45, 7) is 8.07. The largest absolute Gasteiger partial charge is 0.322 e. The van der Waals surface area contributed by atoms with Crippen molar-refractivity contribution >= 4 is 0 Å². The van der Waals surface area contributed by atoms with Crippen LogP contribution in [0.1, 0.15) is 27.7 Å². The first kappa shape index (κ1) is 13.3. The first-order valence-electron chi connectivity index (χ1n) is 3.56. The third-order valence-electron chi connectivity index (χ3n) is 0.711. The summed E-state index contributed by atoms with van der Waals surface area (Å²) in [4.78, 5) is 0. The lowest BCUT2D eigenvalue weighted by Crippen LogP contribution is -2.28. The molecule has 0 fully saturated rings. The van der Waals surface area contributed by atoms with E-state index in [-0.39, 0.29) is 5.54 Å². The monoisotopic (exact) mass is 165 g/mol. The van der Waals surface area contributed by atoms with Crippen LogP contribution in [0.25, 0.3) is 0 Å². The molecule has 3 heteroatoms. The minimum atomic E-state index is -0.140. The predicted molar refractivity (Wildman–Crippen MR) is 48.9 cm³/mol. The number of nitriles is 2. The van der Waals surface area contributed by atoms with Gasteiger partial charge in [0, 0.05) is 5.54 Å². The van der Waals surface area contributed by atoms with Gasteiger partial charge in [-0.1, -0.05) is 11.6 Å². The Morgan fingerprint density at radius 2 is 1.58 bits per heavy atom. The molecule has 0 rings (SSSR count). The van der Waals surface area contributed by atoms with Crippen molar-refractivity contribution in [2.24, 2.45) is 5.73 Å². The molecule has 0 aliphatic heterocycles. The van der Waals surface area contributed by atoms with E-state index in [1.165, 1.54) is 17.7 Å². The van der Waals surface area contributed by atoms with Gasteiger partial charge in [0.2, 0.25) is 0 Å². The number of hydrogen-bond donors (Lipinski definition) is 1. The van der Waals surface area contributed by atoms with Crippen molar-refractivity contribution < 1.29 is 0 Å². The molecule has 0 aliphatic carbocycles. The van der Waals surface area contributed by atoms with Gasteiger partial charge in [0.25, 0.3) is 0 Å². The molecule has 0 aromatic heterocycles. The lowest BCUT2D eigenvalue weighted by Gasteiger charge is -2.12. The Bertz CT molecular complexity index is 204. The highest BCUT2D eigenvalue weighted by Crippen LogP contribution is 2.02. The summed E-state index contributed by atoms with van der Waals surface area (Å²) >= 11 is 0. The average Bonchev–Trinajstić information content (AvgIpc) is 1.83. The maximum Gasteiger partial charge on any atom is 0.181 e. The quantitative estimate of drug-likeness (QED) is 0.601. The molecule has 0 radical (unpaired) electrons. The van der Waals surface area contributed by atoms with Gasteiger partial charge in [-0.3, -0.25) is 0 Å². The van der Waals surface area contributed by atoms with Crippen LogP contribution in [0, 0.1) is 22.7 Å². The van der Waals surface area contributed by atoms with Crippen LogP contribution in [0.5, 0.6) is 0 Å². The van der Waals surface area contributed by atoms with E-state index < -0.39 is 0 Å². The first-order valence-corrected chi connectivity index (χ1v) is 3.56. The number of hydrogen-bond acceptors (Lipinski definition) is 3. The first-order chi connectivity index (χ1) is 5.33.